The van der Waals surface area contributed by atoms with Crippen LogP contribution in [0.4, 0.5) is 11.4 Å². The van der Waals surface area contributed by atoms with Gasteiger partial charge in [-0.15, -0.1) is 11.3 Å². The summed E-state index contributed by atoms with van der Waals surface area (Å²) in [5, 5.41) is 5.51. The molecule has 1 aromatic carbocycles. The lowest BCUT2D eigenvalue weighted by atomic mass is 10.1. The van der Waals surface area contributed by atoms with Crippen molar-refractivity contribution in [1.82, 2.24) is 4.98 Å². The Labute approximate surface area is 125 Å². The Balaban J connectivity index is 1.99. The lowest BCUT2D eigenvalue weighted by Crippen LogP contribution is -2.11. The predicted octanol–water partition coefficient (Wildman–Crippen LogP) is 3.14. The van der Waals surface area contributed by atoms with Crippen LogP contribution in [0.1, 0.15) is 9.67 Å². The molecule has 0 spiro atoms. The minimum absolute atomic E-state index is 0.211. The Hall–Kier alpha value is -2.60. The van der Waals surface area contributed by atoms with Gasteiger partial charge >= 0.3 is 0 Å². The van der Waals surface area contributed by atoms with Gasteiger partial charge in [-0.1, -0.05) is 0 Å². The van der Waals surface area contributed by atoms with Crippen LogP contribution in [-0.4, -0.2) is 18.0 Å². The normalized spacial score (nSPS) is 10.5. The first-order valence-electron chi connectivity index (χ1n) is 6.26. The largest absolute Gasteiger partial charge is 0.495 e. The van der Waals surface area contributed by atoms with Gasteiger partial charge in [0.15, 0.2) is 0 Å². The first-order valence-corrected chi connectivity index (χ1v) is 7.14. The van der Waals surface area contributed by atoms with E-state index < -0.39 is 0 Å². The Morgan fingerprint density at radius 1 is 1.33 bits per heavy atom. The van der Waals surface area contributed by atoms with Crippen LogP contribution >= 0.6 is 11.3 Å². The van der Waals surface area contributed by atoms with Crippen molar-refractivity contribution in [2.24, 2.45) is 0 Å². The monoisotopic (exact) mass is 299 g/mol. The zero-order valence-corrected chi connectivity index (χ0v) is 12.1. The highest BCUT2D eigenvalue weighted by Crippen LogP contribution is 2.29. The molecule has 0 saturated carbocycles. The molecule has 3 N–H and O–H groups in total. The van der Waals surface area contributed by atoms with Crippen LogP contribution in [0, 0.1) is 0 Å². The van der Waals surface area contributed by atoms with Crippen molar-refractivity contribution in [3.8, 4) is 5.75 Å². The number of nitrogen functional groups attached to an aromatic ring is 1. The molecule has 3 aromatic rings. The van der Waals surface area contributed by atoms with E-state index in [-0.39, 0.29) is 5.91 Å². The number of aromatic nitrogens is 1. The molecule has 0 fully saturated rings. The molecule has 0 aliphatic rings. The lowest BCUT2D eigenvalue weighted by Gasteiger charge is -2.09. The third-order valence-corrected chi connectivity index (χ3v) is 4.00. The van der Waals surface area contributed by atoms with Gasteiger partial charge in [0.1, 0.15) is 10.6 Å². The number of rotatable bonds is 3. The van der Waals surface area contributed by atoms with Crippen molar-refractivity contribution in [1.29, 1.82) is 0 Å². The van der Waals surface area contributed by atoms with Crippen molar-refractivity contribution >= 4 is 39.5 Å². The number of methoxy groups -OCH3 is 1. The van der Waals surface area contributed by atoms with Gasteiger partial charge in [0, 0.05) is 11.6 Å². The first kappa shape index (κ1) is 13.4. The Kier molecular flexibility index (Phi) is 3.45. The van der Waals surface area contributed by atoms with Gasteiger partial charge in [-0.25, -0.2) is 0 Å². The number of carbonyl (C=O) groups excluding carboxylic acids is 1. The number of carbonyl (C=O) groups is 1. The number of nitrogens with zero attached hydrogens (tertiary/aromatic N) is 1. The highest BCUT2D eigenvalue weighted by atomic mass is 32.1. The summed E-state index contributed by atoms with van der Waals surface area (Å²) in [6.07, 6.45) is 1.67. The third kappa shape index (κ3) is 2.41. The minimum atomic E-state index is -0.211. The van der Waals surface area contributed by atoms with Gasteiger partial charge in [0.05, 0.1) is 24.0 Å². The fraction of sp³-hybridized carbons (Fsp3) is 0.0667. The molecule has 1 amide bonds. The SMILES string of the molecule is COc1ccsc1C(=O)Nc1ccc(N)c2ncccc12. The van der Waals surface area contributed by atoms with Crippen molar-refractivity contribution in [2.45, 2.75) is 0 Å². The standard InChI is InChI=1S/C15H13N3O2S/c1-20-12-6-8-21-14(12)15(19)18-11-5-4-10(16)13-9(11)3-2-7-17-13/h2-8H,16H2,1H3,(H,18,19). The maximum absolute atomic E-state index is 12.4. The van der Waals surface area contributed by atoms with E-state index in [1.807, 2.05) is 17.5 Å². The van der Waals surface area contributed by atoms with Crippen LogP contribution in [0.3, 0.4) is 0 Å². The van der Waals surface area contributed by atoms with Gasteiger partial charge < -0.3 is 15.8 Å². The molecule has 0 unspecified atom stereocenters. The molecule has 6 heteroatoms. The second-order valence-corrected chi connectivity index (χ2v) is 5.29. The summed E-state index contributed by atoms with van der Waals surface area (Å²) in [7, 11) is 1.54. The van der Waals surface area contributed by atoms with Crippen LogP contribution in [0.15, 0.2) is 41.9 Å². The molecule has 0 aliphatic heterocycles. The molecule has 5 nitrogen and oxygen atoms in total. The second-order valence-electron chi connectivity index (χ2n) is 4.37. The van der Waals surface area contributed by atoms with Crippen molar-refractivity contribution < 1.29 is 9.53 Å². The fourth-order valence-corrected chi connectivity index (χ4v) is 2.86. The molecule has 0 atom stereocenters. The Morgan fingerprint density at radius 3 is 3.00 bits per heavy atom. The molecule has 2 heterocycles. The fourth-order valence-electron chi connectivity index (χ4n) is 2.11. The second kappa shape index (κ2) is 5.41. The van der Waals surface area contributed by atoms with E-state index in [9.17, 15) is 4.79 Å². The van der Waals surface area contributed by atoms with Crippen molar-refractivity contribution in [2.75, 3.05) is 18.2 Å². The number of thiophene rings is 1. The Bertz CT molecular complexity index is 814. The van der Waals surface area contributed by atoms with Gasteiger partial charge in [-0.05, 0) is 35.7 Å². The van der Waals surface area contributed by atoms with Crippen molar-refractivity contribution in [3.05, 3.63) is 46.8 Å². The van der Waals surface area contributed by atoms with E-state index in [0.29, 0.717) is 27.5 Å². The maximum Gasteiger partial charge on any atom is 0.269 e. The molecule has 0 aliphatic carbocycles. The number of benzene rings is 1. The predicted molar refractivity (Wildman–Crippen MR) is 85.0 cm³/mol. The van der Waals surface area contributed by atoms with Gasteiger partial charge in [-0.3, -0.25) is 9.78 Å². The van der Waals surface area contributed by atoms with E-state index in [0.717, 1.165) is 5.39 Å². The van der Waals surface area contributed by atoms with E-state index in [1.165, 1.54) is 11.3 Å². The lowest BCUT2D eigenvalue weighted by molar-refractivity contribution is 0.102. The summed E-state index contributed by atoms with van der Waals surface area (Å²) in [6, 6.07) is 8.96. The maximum atomic E-state index is 12.4. The van der Waals surface area contributed by atoms with Gasteiger partial charge in [-0.2, -0.15) is 0 Å². The average Bonchev–Trinajstić information content (AvgIpc) is 2.99. The van der Waals surface area contributed by atoms with Gasteiger partial charge in [0.25, 0.3) is 5.91 Å². The van der Waals surface area contributed by atoms with Crippen LogP contribution in [0.25, 0.3) is 10.9 Å². The summed E-state index contributed by atoms with van der Waals surface area (Å²) in [5.41, 5.74) is 7.83. The number of ether oxygens (including phenoxy) is 1. The number of hydrogen-bond acceptors (Lipinski definition) is 5. The summed E-state index contributed by atoms with van der Waals surface area (Å²) in [5.74, 6) is 0.354. The summed E-state index contributed by atoms with van der Waals surface area (Å²) < 4.78 is 5.17. The van der Waals surface area contributed by atoms with E-state index in [2.05, 4.69) is 10.3 Å². The first-order chi connectivity index (χ1) is 10.2. The highest BCUT2D eigenvalue weighted by Gasteiger charge is 2.15. The van der Waals surface area contributed by atoms with Crippen LogP contribution < -0.4 is 15.8 Å². The van der Waals surface area contributed by atoms with E-state index in [1.54, 1.807) is 31.5 Å². The summed E-state index contributed by atoms with van der Waals surface area (Å²) in [6.45, 7) is 0. The number of amides is 1. The quantitative estimate of drug-likeness (QED) is 0.728. The number of anilines is 2. The van der Waals surface area contributed by atoms with Crippen LogP contribution in [-0.2, 0) is 0 Å². The molecule has 21 heavy (non-hydrogen) atoms. The van der Waals surface area contributed by atoms with Crippen LogP contribution in [0.5, 0.6) is 5.75 Å². The summed E-state index contributed by atoms with van der Waals surface area (Å²) in [4.78, 5) is 17.1. The topological polar surface area (TPSA) is 77.2 Å². The number of nitrogens with one attached hydrogen (secondary N) is 1. The number of fused-ring (bicyclic) bond motifs is 1. The van der Waals surface area contributed by atoms with E-state index in [4.69, 9.17) is 10.5 Å². The molecule has 0 radical (unpaired) electrons. The highest BCUT2D eigenvalue weighted by molar-refractivity contribution is 7.12. The van der Waals surface area contributed by atoms with Crippen LogP contribution in [0.2, 0.25) is 0 Å². The third-order valence-electron chi connectivity index (χ3n) is 3.10. The Morgan fingerprint density at radius 2 is 2.19 bits per heavy atom. The molecular formula is C15H13N3O2S. The zero-order chi connectivity index (χ0) is 14.8. The molecule has 106 valence electrons. The van der Waals surface area contributed by atoms with Crippen molar-refractivity contribution in [3.63, 3.8) is 0 Å². The zero-order valence-electron chi connectivity index (χ0n) is 11.3. The molecule has 0 saturated heterocycles. The van der Waals surface area contributed by atoms with Gasteiger partial charge in [0.2, 0.25) is 0 Å². The van der Waals surface area contributed by atoms with E-state index >= 15 is 0 Å². The number of nitrogens with two attached hydrogens (primary N) is 1. The number of hydrogen-bond donors (Lipinski definition) is 2. The smallest absolute Gasteiger partial charge is 0.269 e. The average molecular weight is 299 g/mol. The molecular weight excluding hydrogens is 286 g/mol. The molecule has 3 rings (SSSR count). The number of pyridine rings is 1. The minimum Gasteiger partial charge on any atom is -0.495 e. The molecule has 0 bridgehead atoms. The molecule has 2 aromatic heterocycles. The summed E-state index contributed by atoms with van der Waals surface area (Å²) >= 11 is 1.33.